The third-order valence-corrected chi connectivity index (χ3v) is 2.88. The Morgan fingerprint density at radius 1 is 1.60 bits per heavy atom. The second-order valence-corrected chi connectivity index (χ2v) is 4.35. The van der Waals surface area contributed by atoms with Crippen molar-refractivity contribution in [2.45, 2.75) is 25.0 Å². The minimum Gasteiger partial charge on any atom is -0.325 e. The van der Waals surface area contributed by atoms with E-state index in [9.17, 15) is 18.0 Å². The summed E-state index contributed by atoms with van der Waals surface area (Å²) in [4.78, 5) is 12.7. The Balaban J connectivity index is 2.33. The van der Waals surface area contributed by atoms with Crippen molar-refractivity contribution in [1.29, 1.82) is 0 Å². The molecule has 0 bridgehead atoms. The van der Waals surface area contributed by atoms with Crippen LogP contribution in [0.2, 0.25) is 0 Å². The molecule has 1 saturated heterocycles. The molecule has 1 N–H and O–H groups in total. The highest BCUT2D eigenvalue weighted by Crippen LogP contribution is 2.30. The summed E-state index contributed by atoms with van der Waals surface area (Å²) in [7, 11) is 0. The van der Waals surface area contributed by atoms with Gasteiger partial charge in [0.1, 0.15) is 0 Å². The van der Waals surface area contributed by atoms with Gasteiger partial charge in [0.05, 0.1) is 12.7 Å². The minimum atomic E-state index is -4.21. The van der Waals surface area contributed by atoms with Crippen molar-refractivity contribution in [3.8, 4) is 0 Å². The maximum atomic E-state index is 11.8. The number of hydrogen-bond donors (Lipinski definition) is 1. The first-order valence-electron chi connectivity index (χ1n) is 4.67. The van der Waals surface area contributed by atoms with Gasteiger partial charge in [0.15, 0.2) is 0 Å². The molecular weight excluding hydrogens is 229 g/mol. The molecule has 1 unspecified atom stereocenters. The van der Waals surface area contributed by atoms with Gasteiger partial charge in [0.25, 0.3) is 0 Å². The van der Waals surface area contributed by atoms with E-state index in [0.29, 0.717) is 6.42 Å². The number of alkyl halides is 3. The van der Waals surface area contributed by atoms with Gasteiger partial charge in [-0.2, -0.15) is 13.2 Å². The lowest BCUT2D eigenvalue weighted by molar-refractivity contribution is -0.127. The molecule has 1 amide bonds. The molecule has 1 aliphatic rings. The van der Waals surface area contributed by atoms with Gasteiger partial charge in [-0.25, -0.2) is 0 Å². The molecule has 0 aromatic rings. The molecule has 7 heteroatoms. The van der Waals surface area contributed by atoms with Gasteiger partial charge in [0.2, 0.25) is 5.91 Å². The van der Waals surface area contributed by atoms with E-state index in [0.717, 1.165) is 0 Å². The number of carbonyl (C=O) groups excluding carboxylic acids is 1. The van der Waals surface area contributed by atoms with Crippen LogP contribution in [0, 0.1) is 0 Å². The largest absolute Gasteiger partial charge is 0.441 e. The van der Waals surface area contributed by atoms with Gasteiger partial charge < -0.3 is 4.90 Å². The molecule has 0 spiro atoms. The summed E-state index contributed by atoms with van der Waals surface area (Å²) in [5, 5.41) is 2.94. The molecule has 15 heavy (non-hydrogen) atoms. The molecule has 1 aliphatic heterocycles. The van der Waals surface area contributed by atoms with E-state index in [1.54, 1.807) is 0 Å². The molecule has 88 valence electrons. The van der Waals surface area contributed by atoms with Crippen LogP contribution in [0.3, 0.4) is 0 Å². The van der Waals surface area contributed by atoms with Crippen LogP contribution in [-0.4, -0.2) is 41.3 Å². The van der Waals surface area contributed by atoms with Crippen molar-refractivity contribution in [3.05, 3.63) is 0 Å². The Kier molecular flexibility index (Phi) is 4.27. The highest BCUT2D eigenvalue weighted by molar-refractivity contribution is 8.00. The Labute approximate surface area is 90.4 Å². The maximum absolute atomic E-state index is 11.8. The standard InChI is InChI=1S/C8H13F3N2OS/c1-2-6-12-5-7(14)13(6)3-4-15-8(9,10)11/h6,12H,2-5H2,1H3. The predicted molar refractivity (Wildman–Crippen MR) is 52.3 cm³/mol. The summed E-state index contributed by atoms with van der Waals surface area (Å²) in [5.41, 5.74) is -4.21. The van der Waals surface area contributed by atoms with Gasteiger partial charge in [-0.1, -0.05) is 6.92 Å². The highest BCUT2D eigenvalue weighted by atomic mass is 32.2. The fourth-order valence-electron chi connectivity index (χ4n) is 1.50. The summed E-state index contributed by atoms with van der Waals surface area (Å²) in [6.07, 6.45) is 0.605. The van der Waals surface area contributed by atoms with Crippen LogP contribution in [0.4, 0.5) is 13.2 Å². The molecule has 1 rings (SSSR count). The molecule has 0 radical (unpaired) electrons. The first kappa shape index (κ1) is 12.6. The maximum Gasteiger partial charge on any atom is 0.441 e. The van der Waals surface area contributed by atoms with Crippen molar-refractivity contribution >= 4 is 17.7 Å². The molecule has 1 fully saturated rings. The van der Waals surface area contributed by atoms with Crippen molar-refractivity contribution in [3.63, 3.8) is 0 Å². The zero-order valence-electron chi connectivity index (χ0n) is 8.30. The summed E-state index contributed by atoms with van der Waals surface area (Å²) in [5.74, 6) is -0.224. The van der Waals surface area contributed by atoms with E-state index < -0.39 is 5.51 Å². The van der Waals surface area contributed by atoms with Crippen LogP contribution >= 0.6 is 11.8 Å². The smallest absolute Gasteiger partial charge is 0.325 e. The number of halogens is 3. The lowest BCUT2D eigenvalue weighted by Crippen LogP contribution is -2.38. The van der Waals surface area contributed by atoms with Crippen molar-refractivity contribution < 1.29 is 18.0 Å². The molecule has 0 aromatic carbocycles. The van der Waals surface area contributed by atoms with Crippen molar-refractivity contribution in [1.82, 2.24) is 10.2 Å². The first-order chi connectivity index (χ1) is 6.94. The van der Waals surface area contributed by atoms with E-state index in [-0.39, 0.29) is 42.7 Å². The molecule has 3 nitrogen and oxygen atoms in total. The SMILES string of the molecule is CCC1NCC(=O)N1CCSC(F)(F)F. The molecule has 0 saturated carbocycles. The van der Waals surface area contributed by atoms with Crippen molar-refractivity contribution in [2.75, 3.05) is 18.8 Å². The molecule has 1 heterocycles. The second kappa shape index (κ2) is 5.07. The van der Waals surface area contributed by atoms with Gasteiger partial charge in [-0.3, -0.25) is 10.1 Å². The number of amides is 1. The van der Waals surface area contributed by atoms with Crippen LogP contribution in [-0.2, 0) is 4.79 Å². The zero-order valence-corrected chi connectivity index (χ0v) is 9.12. The van der Waals surface area contributed by atoms with Gasteiger partial charge in [0, 0.05) is 12.3 Å². The molecule has 0 aliphatic carbocycles. The predicted octanol–water partition coefficient (Wildman–Crippen LogP) is 1.41. The van der Waals surface area contributed by atoms with Crippen LogP contribution in [0.5, 0.6) is 0 Å². The van der Waals surface area contributed by atoms with E-state index in [4.69, 9.17) is 0 Å². The first-order valence-corrected chi connectivity index (χ1v) is 5.66. The number of hydrogen-bond acceptors (Lipinski definition) is 3. The number of carbonyl (C=O) groups is 1. The fraction of sp³-hybridized carbons (Fsp3) is 0.875. The Morgan fingerprint density at radius 3 is 2.80 bits per heavy atom. The Morgan fingerprint density at radius 2 is 2.27 bits per heavy atom. The van der Waals surface area contributed by atoms with E-state index >= 15 is 0 Å². The number of thioether (sulfide) groups is 1. The highest BCUT2D eigenvalue weighted by Gasteiger charge is 2.31. The molecule has 1 atom stereocenters. The minimum absolute atomic E-state index is 0.0867. The van der Waals surface area contributed by atoms with Crippen LogP contribution in [0.25, 0.3) is 0 Å². The second-order valence-electron chi connectivity index (χ2n) is 3.19. The number of nitrogens with zero attached hydrogens (tertiary/aromatic N) is 1. The van der Waals surface area contributed by atoms with Crippen LogP contribution in [0.15, 0.2) is 0 Å². The summed E-state index contributed by atoms with van der Waals surface area (Å²) < 4.78 is 35.5. The fourth-order valence-corrected chi connectivity index (χ4v) is 2.02. The van der Waals surface area contributed by atoms with Crippen LogP contribution in [0.1, 0.15) is 13.3 Å². The van der Waals surface area contributed by atoms with E-state index in [2.05, 4.69) is 5.32 Å². The number of nitrogens with one attached hydrogen (secondary N) is 1. The Bertz CT molecular complexity index is 234. The average molecular weight is 242 g/mol. The molecule has 0 aromatic heterocycles. The summed E-state index contributed by atoms with van der Waals surface area (Å²) in [6.45, 7) is 2.27. The average Bonchev–Trinajstić information content (AvgIpc) is 2.46. The monoisotopic (exact) mass is 242 g/mol. The van der Waals surface area contributed by atoms with Gasteiger partial charge >= 0.3 is 5.51 Å². The van der Waals surface area contributed by atoms with E-state index in [1.165, 1.54) is 4.90 Å². The molecular formula is C8H13F3N2OS. The van der Waals surface area contributed by atoms with Gasteiger partial charge in [-0.05, 0) is 18.2 Å². The van der Waals surface area contributed by atoms with E-state index in [1.807, 2.05) is 6.92 Å². The topological polar surface area (TPSA) is 32.3 Å². The van der Waals surface area contributed by atoms with Crippen LogP contribution < -0.4 is 5.32 Å². The summed E-state index contributed by atoms with van der Waals surface area (Å²) >= 11 is -0.0867. The quantitative estimate of drug-likeness (QED) is 0.809. The third kappa shape index (κ3) is 3.90. The lowest BCUT2D eigenvalue weighted by Gasteiger charge is -2.23. The normalized spacial score (nSPS) is 22.5. The lowest BCUT2D eigenvalue weighted by atomic mass is 10.3. The third-order valence-electron chi connectivity index (χ3n) is 2.17. The van der Waals surface area contributed by atoms with Gasteiger partial charge in [-0.15, -0.1) is 0 Å². The number of rotatable bonds is 4. The Hall–Kier alpha value is -0.430. The van der Waals surface area contributed by atoms with Crippen molar-refractivity contribution in [2.24, 2.45) is 0 Å². The summed E-state index contributed by atoms with van der Waals surface area (Å²) in [6, 6.07) is 0. The zero-order chi connectivity index (χ0) is 11.5.